The van der Waals surface area contributed by atoms with Gasteiger partial charge in [-0.1, -0.05) is 38.1 Å². The maximum absolute atomic E-state index is 11.3. The summed E-state index contributed by atoms with van der Waals surface area (Å²) >= 11 is 0. The molecule has 0 aromatic heterocycles. The van der Waals surface area contributed by atoms with Gasteiger partial charge in [0.2, 0.25) is 0 Å². The molecule has 6 atom stereocenters. The highest BCUT2D eigenvalue weighted by molar-refractivity contribution is 5.73. The van der Waals surface area contributed by atoms with Crippen molar-refractivity contribution in [2.24, 2.45) is 0 Å². The number of carboxylic acids is 1. The molecule has 1 heterocycles. The number of carboxylic acid groups (broad SMARTS) is 1. The number of benzene rings is 1. The predicted molar refractivity (Wildman–Crippen MR) is 108 cm³/mol. The van der Waals surface area contributed by atoms with Crippen molar-refractivity contribution >= 4 is 5.97 Å². The van der Waals surface area contributed by atoms with E-state index in [-0.39, 0.29) is 12.6 Å². The van der Waals surface area contributed by atoms with Crippen LogP contribution in [0.5, 0.6) is 5.75 Å². The number of allylic oxidation sites excluding steroid dienone is 1. The highest BCUT2D eigenvalue weighted by Gasteiger charge is 2.48. The van der Waals surface area contributed by atoms with Gasteiger partial charge in [-0.05, 0) is 18.1 Å². The van der Waals surface area contributed by atoms with Crippen LogP contribution < -0.4 is 10.1 Å². The Bertz CT molecular complexity index is 697. The minimum atomic E-state index is -1.77. The number of ether oxygens (including phenoxy) is 3. The van der Waals surface area contributed by atoms with Crippen LogP contribution >= 0.6 is 0 Å². The third-order valence-electron chi connectivity index (χ3n) is 4.65. The fourth-order valence-electron chi connectivity index (χ4n) is 3.02. The number of carbonyl (C=O) groups is 1. The number of aliphatic hydroxyl groups is 3. The van der Waals surface area contributed by atoms with E-state index in [0.717, 1.165) is 5.56 Å². The zero-order valence-electron chi connectivity index (χ0n) is 17.2. The molecule has 9 heteroatoms. The van der Waals surface area contributed by atoms with E-state index < -0.39 is 42.8 Å². The van der Waals surface area contributed by atoms with Crippen LogP contribution in [-0.4, -0.2) is 82.4 Å². The molecule has 1 fully saturated rings. The number of rotatable bonds is 11. The van der Waals surface area contributed by atoms with Crippen LogP contribution in [0.3, 0.4) is 0 Å². The van der Waals surface area contributed by atoms with E-state index in [1.54, 1.807) is 6.08 Å². The van der Waals surface area contributed by atoms with E-state index in [1.807, 2.05) is 38.1 Å². The monoisotopic (exact) mass is 425 g/mol. The molecule has 9 nitrogen and oxygen atoms in total. The number of aliphatic hydroxyl groups excluding tert-OH is 3. The van der Waals surface area contributed by atoms with Gasteiger partial charge in [0, 0.05) is 12.6 Å². The molecule has 30 heavy (non-hydrogen) atoms. The molecular formula is C21H31NO8. The molecule has 5 N–H and O–H groups in total. The number of hydrogen-bond donors (Lipinski definition) is 5. The molecule has 0 amide bonds. The van der Waals surface area contributed by atoms with Crippen LogP contribution in [0, 0.1) is 0 Å². The minimum Gasteiger partial charge on any atom is -0.491 e. The average molecular weight is 425 g/mol. The molecule has 0 spiro atoms. The van der Waals surface area contributed by atoms with Gasteiger partial charge in [-0.2, -0.15) is 0 Å². The molecule has 0 saturated carbocycles. The predicted octanol–water partition coefficient (Wildman–Crippen LogP) is 0.0693. The molecule has 0 bridgehead atoms. The fraction of sp³-hybridized carbons (Fsp3) is 0.571. The summed E-state index contributed by atoms with van der Waals surface area (Å²) in [6, 6.07) is 7.61. The summed E-state index contributed by atoms with van der Waals surface area (Å²) < 4.78 is 16.9. The van der Waals surface area contributed by atoms with Crippen molar-refractivity contribution in [2.75, 3.05) is 13.2 Å². The van der Waals surface area contributed by atoms with Gasteiger partial charge in [0.1, 0.15) is 36.8 Å². The SMILES string of the molecule is C=CCc1ccccc1OCC(CNC(C)C)OC1OC(C(=O)O)C(O)C(O)C1O. The maximum atomic E-state index is 11.3. The average Bonchev–Trinajstić information content (AvgIpc) is 2.70. The van der Waals surface area contributed by atoms with Gasteiger partial charge in [0.15, 0.2) is 12.4 Å². The first-order valence-corrected chi connectivity index (χ1v) is 9.87. The normalized spacial score (nSPS) is 27.6. The van der Waals surface area contributed by atoms with E-state index in [4.69, 9.17) is 14.2 Å². The van der Waals surface area contributed by atoms with E-state index in [0.29, 0.717) is 18.7 Å². The van der Waals surface area contributed by atoms with Crippen LogP contribution in [-0.2, 0) is 20.7 Å². The highest BCUT2D eigenvalue weighted by Crippen LogP contribution is 2.24. The fourth-order valence-corrected chi connectivity index (χ4v) is 3.02. The van der Waals surface area contributed by atoms with Crippen LogP contribution in [0.2, 0.25) is 0 Å². The van der Waals surface area contributed by atoms with Crippen molar-refractivity contribution in [2.45, 2.75) is 63.1 Å². The first kappa shape index (κ1) is 24.3. The van der Waals surface area contributed by atoms with E-state index >= 15 is 0 Å². The second kappa shape index (κ2) is 11.4. The summed E-state index contributed by atoms with van der Waals surface area (Å²) in [5, 5.41) is 42.4. The maximum Gasteiger partial charge on any atom is 0.335 e. The molecule has 1 aliphatic rings. The Morgan fingerprint density at radius 1 is 1.23 bits per heavy atom. The van der Waals surface area contributed by atoms with Gasteiger partial charge in [-0.25, -0.2) is 4.79 Å². The second-order valence-corrected chi connectivity index (χ2v) is 7.47. The summed E-state index contributed by atoms with van der Waals surface area (Å²) in [6.45, 7) is 8.04. The first-order valence-electron chi connectivity index (χ1n) is 9.87. The molecule has 0 radical (unpaired) electrons. The molecule has 1 aliphatic heterocycles. The number of para-hydroxylation sites is 1. The Balaban J connectivity index is 2.10. The number of hydrogen-bond acceptors (Lipinski definition) is 8. The molecule has 2 rings (SSSR count). The molecule has 1 saturated heterocycles. The van der Waals surface area contributed by atoms with Crippen LogP contribution in [0.1, 0.15) is 19.4 Å². The molecule has 0 aliphatic carbocycles. The minimum absolute atomic E-state index is 0.0802. The van der Waals surface area contributed by atoms with Crippen molar-refractivity contribution in [1.82, 2.24) is 5.32 Å². The highest BCUT2D eigenvalue weighted by atomic mass is 16.7. The van der Waals surface area contributed by atoms with Crippen molar-refractivity contribution in [3.63, 3.8) is 0 Å². The lowest BCUT2D eigenvalue weighted by molar-refractivity contribution is -0.305. The van der Waals surface area contributed by atoms with Crippen molar-refractivity contribution < 1.29 is 39.4 Å². The Labute approximate surface area is 175 Å². The van der Waals surface area contributed by atoms with Crippen LogP contribution in [0.4, 0.5) is 0 Å². The Kier molecular flexibility index (Phi) is 9.22. The topological polar surface area (TPSA) is 138 Å². The third-order valence-corrected chi connectivity index (χ3v) is 4.65. The largest absolute Gasteiger partial charge is 0.491 e. The molecule has 168 valence electrons. The molecule has 6 unspecified atom stereocenters. The summed E-state index contributed by atoms with van der Waals surface area (Å²) in [5.74, 6) is -0.812. The Hall–Kier alpha value is -2.01. The lowest BCUT2D eigenvalue weighted by Crippen LogP contribution is -2.61. The van der Waals surface area contributed by atoms with Gasteiger partial charge in [-0.15, -0.1) is 6.58 Å². The smallest absolute Gasteiger partial charge is 0.335 e. The standard InChI is InChI=1S/C21H31NO8/c1-4-7-13-8-5-6-9-15(13)28-11-14(10-22-12(2)3)29-21-18(25)16(23)17(24)19(30-21)20(26)27/h4-6,8-9,12,14,16-19,21-25H,1,7,10-11H2,2-3H3,(H,26,27). The lowest BCUT2D eigenvalue weighted by atomic mass is 9.99. The van der Waals surface area contributed by atoms with Crippen molar-refractivity contribution in [1.29, 1.82) is 0 Å². The Morgan fingerprint density at radius 2 is 1.93 bits per heavy atom. The molecule has 1 aromatic rings. The van der Waals surface area contributed by atoms with Gasteiger partial charge >= 0.3 is 5.97 Å². The van der Waals surface area contributed by atoms with Gasteiger partial charge in [0.05, 0.1) is 0 Å². The van der Waals surface area contributed by atoms with Gasteiger partial charge < -0.3 is 40.0 Å². The molecular weight excluding hydrogens is 394 g/mol. The zero-order chi connectivity index (χ0) is 22.3. The van der Waals surface area contributed by atoms with Crippen molar-refractivity contribution in [3.8, 4) is 5.75 Å². The zero-order valence-corrected chi connectivity index (χ0v) is 17.2. The quantitative estimate of drug-likeness (QED) is 0.312. The Morgan fingerprint density at radius 3 is 2.57 bits per heavy atom. The summed E-state index contributed by atoms with van der Waals surface area (Å²) in [7, 11) is 0. The second-order valence-electron chi connectivity index (χ2n) is 7.47. The van der Waals surface area contributed by atoms with E-state index in [1.165, 1.54) is 0 Å². The van der Waals surface area contributed by atoms with E-state index in [9.17, 15) is 25.2 Å². The van der Waals surface area contributed by atoms with Crippen molar-refractivity contribution in [3.05, 3.63) is 42.5 Å². The lowest BCUT2D eigenvalue weighted by Gasteiger charge is -2.39. The van der Waals surface area contributed by atoms with Crippen LogP contribution in [0.25, 0.3) is 0 Å². The third kappa shape index (κ3) is 6.49. The van der Waals surface area contributed by atoms with E-state index in [2.05, 4.69) is 11.9 Å². The van der Waals surface area contributed by atoms with Crippen LogP contribution in [0.15, 0.2) is 36.9 Å². The number of aliphatic carboxylic acids is 1. The summed E-state index contributed by atoms with van der Waals surface area (Å²) in [4.78, 5) is 11.3. The number of nitrogens with one attached hydrogen (secondary N) is 1. The summed E-state index contributed by atoms with van der Waals surface area (Å²) in [6.07, 6.45) is -6.53. The van der Waals surface area contributed by atoms with Gasteiger partial charge in [0.25, 0.3) is 0 Å². The summed E-state index contributed by atoms with van der Waals surface area (Å²) in [5.41, 5.74) is 0.946. The first-order chi connectivity index (χ1) is 14.2. The van der Waals surface area contributed by atoms with Gasteiger partial charge in [-0.3, -0.25) is 0 Å². The molecule has 1 aromatic carbocycles.